The highest BCUT2D eigenvalue weighted by Gasteiger charge is 2.26. The zero-order valence-electron chi connectivity index (χ0n) is 16.6. The van der Waals surface area contributed by atoms with E-state index < -0.39 is 0 Å². The van der Waals surface area contributed by atoms with Crippen LogP contribution in [0.4, 0.5) is 4.39 Å². The molecule has 3 aromatic carbocycles. The third kappa shape index (κ3) is 3.50. The molecule has 0 saturated heterocycles. The predicted octanol–water partition coefficient (Wildman–Crippen LogP) is 5.41. The number of fused-ring (bicyclic) bond motifs is 2. The number of aromatic nitrogens is 1. The molecule has 1 atom stereocenters. The van der Waals surface area contributed by atoms with Gasteiger partial charge in [-0.3, -0.25) is 4.79 Å². The molecule has 1 amide bonds. The van der Waals surface area contributed by atoms with Crippen LogP contribution in [0.2, 0.25) is 0 Å². The number of amides is 1. The second-order valence-electron chi connectivity index (χ2n) is 7.94. The van der Waals surface area contributed by atoms with Gasteiger partial charge in [0, 0.05) is 42.5 Å². The number of hydrogen-bond acceptors (Lipinski definition) is 1. The maximum atomic E-state index is 14.0. The van der Waals surface area contributed by atoms with Crippen LogP contribution in [0.5, 0.6) is 0 Å². The third-order valence-corrected chi connectivity index (χ3v) is 6.11. The number of aromatic amines is 1. The van der Waals surface area contributed by atoms with Crippen molar-refractivity contribution in [3.63, 3.8) is 0 Å². The first-order valence-electron chi connectivity index (χ1n) is 10.3. The summed E-state index contributed by atoms with van der Waals surface area (Å²) < 4.78 is 14.0. The van der Waals surface area contributed by atoms with Crippen molar-refractivity contribution in [3.8, 4) is 0 Å². The Morgan fingerprint density at radius 3 is 2.67 bits per heavy atom. The molecule has 1 aliphatic heterocycles. The molecule has 4 heteroatoms. The molecule has 1 N–H and O–H groups in total. The van der Waals surface area contributed by atoms with E-state index in [0.29, 0.717) is 13.0 Å². The van der Waals surface area contributed by atoms with Gasteiger partial charge in [-0.15, -0.1) is 0 Å². The molecule has 30 heavy (non-hydrogen) atoms. The number of carbonyl (C=O) groups is 1. The molecule has 0 saturated carbocycles. The first-order chi connectivity index (χ1) is 14.7. The van der Waals surface area contributed by atoms with E-state index in [1.165, 1.54) is 17.2 Å². The fraction of sp³-hybridized carbons (Fsp3) is 0.192. The summed E-state index contributed by atoms with van der Waals surface area (Å²) in [5.74, 6) is -0.387. The number of halogens is 1. The summed E-state index contributed by atoms with van der Waals surface area (Å²) in [6.07, 6.45) is 3.14. The monoisotopic (exact) mass is 398 g/mol. The number of carbonyl (C=O) groups excluding carboxylic acids is 1. The molecule has 5 rings (SSSR count). The highest BCUT2D eigenvalue weighted by molar-refractivity contribution is 5.86. The Kier molecular flexibility index (Phi) is 4.83. The third-order valence-electron chi connectivity index (χ3n) is 6.11. The quantitative estimate of drug-likeness (QED) is 0.490. The molecule has 2 heterocycles. The van der Waals surface area contributed by atoms with E-state index in [-0.39, 0.29) is 17.6 Å². The molecule has 0 radical (unpaired) electrons. The van der Waals surface area contributed by atoms with Crippen LogP contribution in [-0.4, -0.2) is 22.3 Å². The van der Waals surface area contributed by atoms with Crippen LogP contribution in [-0.2, 0) is 17.8 Å². The Bertz CT molecular complexity index is 1210. The Morgan fingerprint density at radius 2 is 1.80 bits per heavy atom. The molecule has 0 aliphatic carbocycles. The maximum Gasteiger partial charge on any atom is 0.223 e. The molecule has 0 fully saturated rings. The minimum atomic E-state index is -0.281. The first kappa shape index (κ1) is 18.6. The van der Waals surface area contributed by atoms with Gasteiger partial charge in [-0.1, -0.05) is 54.6 Å². The van der Waals surface area contributed by atoms with Gasteiger partial charge in [0.15, 0.2) is 0 Å². The smallest absolute Gasteiger partial charge is 0.223 e. The van der Waals surface area contributed by atoms with E-state index in [9.17, 15) is 9.18 Å². The summed E-state index contributed by atoms with van der Waals surface area (Å²) in [5, 5.41) is 1.07. The van der Waals surface area contributed by atoms with E-state index in [4.69, 9.17) is 0 Å². The van der Waals surface area contributed by atoms with E-state index >= 15 is 0 Å². The first-order valence-corrected chi connectivity index (χ1v) is 10.3. The number of rotatable bonds is 4. The van der Waals surface area contributed by atoms with Crippen LogP contribution >= 0.6 is 0 Å². The zero-order chi connectivity index (χ0) is 20.5. The minimum absolute atomic E-state index is 0.101. The average Bonchev–Trinajstić information content (AvgIpc) is 3.21. The fourth-order valence-corrected chi connectivity index (χ4v) is 4.53. The number of H-pyrrole nitrogens is 1. The Balaban J connectivity index is 1.48. The Hall–Kier alpha value is -3.40. The summed E-state index contributed by atoms with van der Waals surface area (Å²) in [6.45, 7) is 1.36. The highest BCUT2D eigenvalue weighted by Crippen LogP contribution is 2.34. The lowest BCUT2D eigenvalue weighted by atomic mass is 9.87. The van der Waals surface area contributed by atoms with Gasteiger partial charge in [-0.2, -0.15) is 0 Å². The van der Waals surface area contributed by atoms with Gasteiger partial charge in [-0.05, 0) is 46.9 Å². The lowest BCUT2D eigenvalue weighted by Crippen LogP contribution is -2.36. The van der Waals surface area contributed by atoms with E-state index in [2.05, 4.69) is 23.2 Å². The standard InChI is InChI=1S/C26H23FN2O/c27-21-9-5-8-19(14-21)23(24-16-28-25-11-4-3-10-22(24)25)15-26(30)29-13-12-18-6-1-2-7-20(18)17-29/h1-11,14,16,23,28H,12-13,15,17H2/t23-/m1/s1. The van der Waals surface area contributed by atoms with Crippen LogP contribution in [0.25, 0.3) is 10.9 Å². The summed E-state index contributed by atoms with van der Waals surface area (Å²) in [4.78, 5) is 18.6. The number of nitrogens with zero attached hydrogens (tertiary/aromatic N) is 1. The lowest BCUT2D eigenvalue weighted by Gasteiger charge is -2.30. The van der Waals surface area contributed by atoms with Crippen molar-refractivity contribution in [1.82, 2.24) is 9.88 Å². The van der Waals surface area contributed by atoms with Gasteiger partial charge in [0.2, 0.25) is 5.91 Å². The van der Waals surface area contributed by atoms with Crippen LogP contribution in [0.15, 0.2) is 79.0 Å². The lowest BCUT2D eigenvalue weighted by molar-refractivity contribution is -0.132. The van der Waals surface area contributed by atoms with Gasteiger partial charge in [0.25, 0.3) is 0 Å². The largest absolute Gasteiger partial charge is 0.361 e. The molecule has 1 aromatic heterocycles. The van der Waals surface area contributed by atoms with Crippen LogP contribution < -0.4 is 0 Å². The van der Waals surface area contributed by atoms with E-state index in [1.54, 1.807) is 12.1 Å². The van der Waals surface area contributed by atoms with Gasteiger partial charge < -0.3 is 9.88 Å². The van der Waals surface area contributed by atoms with Gasteiger partial charge >= 0.3 is 0 Å². The number of benzene rings is 3. The van der Waals surface area contributed by atoms with Gasteiger partial charge in [-0.25, -0.2) is 4.39 Å². The van der Waals surface area contributed by atoms with Gasteiger partial charge in [0.1, 0.15) is 5.82 Å². The summed E-state index contributed by atoms with van der Waals surface area (Å²) >= 11 is 0. The molecular weight excluding hydrogens is 375 g/mol. The summed E-state index contributed by atoms with van der Waals surface area (Å²) in [7, 11) is 0. The number of nitrogens with one attached hydrogen (secondary N) is 1. The van der Waals surface area contributed by atoms with Crippen molar-refractivity contribution in [2.24, 2.45) is 0 Å². The summed E-state index contributed by atoms with van der Waals surface area (Å²) in [6, 6.07) is 23.0. The van der Waals surface area contributed by atoms with Crippen LogP contribution in [0, 0.1) is 5.82 Å². The molecule has 0 spiro atoms. The van der Waals surface area contributed by atoms with Crippen molar-refractivity contribution in [2.75, 3.05) is 6.54 Å². The summed E-state index contributed by atoms with van der Waals surface area (Å²) in [5.41, 5.74) is 5.41. The molecule has 4 aromatic rings. The topological polar surface area (TPSA) is 36.1 Å². The maximum absolute atomic E-state index is 14.0. The van der Waals surface area contributed by atoms with Crippen molar-refractivity contribution < 1.29 is 9.18 Å². The molecule has 0 bridgehead atoms. The van der Waals surface area contributed by atoms with E-state index in [1.807, 2.05) is 47.5 Å². The highest BCUT2D eigenvalue weighted by atomic mass is 19.1. The van der Waals surface area contributed by atoms with Crippen molar-refractivity contribution >= 4 is 16.8 Å². The van der Waals surface area contributed by atoms with Gasteiger partial charge in [0.05, 0.1) is 0 Å². The van der Waals surface area contributed by atoms with Crippen molar-refractivity contribution in [3.05, 3.63) is 107 Å². The molecular formula is C26H23FN2O. The zero-order valence-corrected chi connectivity index (χ0v) is 16.6. The predicted molar refractivity (Wildman–Crippen MR) is 117 cm³/mol. The SMILES string of the molecule is O=C(C[C@H](c1cccc(F)c1)c1c[nH]c2ccccc12)N1CCc2ccccc2C1. The van der Waals surface area contributed by atoms with Crippen LogP contribution in [0.1, 0.15) is 34.6 Å². The minimum Gasteiger partial charge on any atom is -0.361 e. The molecule has 3 nitrogen and oxygen atoms in total. The molecule has 150 valence electrons. The Morgan fingerprint density at radius 1 is 1.00 bits per heavy atom. The second-order valence-corrected chi connectivity index (χ2v) is 7.94. The second kappa shape index (κ2) is 7.79. The molecule has 0 unspecified atom stereocenters. The number of para-hydroxylation sites is 1. The average molecular weight is 398 g/mol. The van der Waals surface area contributed by atoms with Crippen molar-refractivity contribution in [1.29, 1.82) is 0 Å². The van der Waals surface area contributed by atoms with Crippen molar-refractivity contribution in [2.45, 2.75) is 25.3 Å². The molecule has 1 aliphatic rings. The number of hydrogen-bond donors (Lipinski definition) is 1. The fourth-order valence-electron chi connectivity index (χ4n) is 4.53. The van der Waals surface area contributed by atoms with Crippen LogP contribution in [0.3, 0.4) is 0 Å². The van der Waals surface area contributed by atoms with E-state index in [0.717, 1.165) is 35.0 Å². The Labute approximate surface area is 175 Å². The normalized spacial score (nSPS) is 14.5.